The minimum Gasteiger partial charge on any atom is -0.504 e. The van der Waals surface area contributed by atoms with Crippen LogP contribution in [0, 0.1) is 5.92 Å². The maximum absolute atomic E-state index is 11.2. The van der Waals surface area contributed by atoms with Crippen molar-refractivity contribution in [1.29, 1.82) is 0 Å². The molecular formula is C14H21NO4. The summed E-state index contributed by atoms with van der Waals surface area (Å²) in [6.45, 7) is 2.02. The lowest BCUT2D eigenvalue weighted by atomic mass is 9.95. The van der Waals surface area contributed by atoms with Gasteiger partial charge < -0.3 is 20.7 Å². The highest BCUT2D eigenvalue weighted by Crippen LogP contribution is 2.26. The Morgan fingerprint density at radius 1 is 1.37 bits per heavy atom. The first-order chi connectivity index (χ1) is 8.93. The second kappa shape index (κ2) is 6.99. The number of ether oxygens (including phenoxy) is 1. The zero-order valence-corrected chi connectivity index (χ0v) is 11.3. The zero-order chi connectivity index (χ0) is 14.4. The second-order valence-electron chi connectivity index (χ2n) is 4.83. The molecule has 106 valence electrons. The number of benzene rings is 1. The van der Waals surface area contributed by atoms with Crippen molar-refractivity contribution >= 4 is 5.97 Å². The highest BCUT2D eigenvalue weighted by Gasteiger charge is 2.17. The zero-order valence-electron chi connectivity index (χ0n) is 11.3. The summed E-state index contributed by atoms with van der Waals surface area (Å²) in [6, 6.07) is 4.19. The molecule has 0 saturated carbocycles. The molecule has 1 aromatic carbocycles. The third kappa shape index (κ3) is 4.79. The molecule has 0 fully saturated rings. The van der Waals surface area contributed by atoms with Crippen molar-refractivity contribution in [3.8, 4) is 11.5 Å². The van der Waals surface area contributed by atoms with E-state index in [-0.39, 0.29) is 17.4 Å². The van der Waals surface area contributed by atoms with Crippen LogP contribution in [0.2, 0.25) is 0 Å². The smallest absolute Gasteiger partial charge is 0.322 e. The first kappa shape index (κ1) is 15.3. The van der Waals surface area contributed by atoms with Crippen molar-refractivity contribution in [2.45, 2.75) is 32.2 Å². The summed E-state index contributed by atoms with van der Waals surface area (Å²) in [6.07, 6.45) is 2.16. The summed E-state index contributed by atoms with van der Waals surface area (Å²) in [4.78, 5) is 11.2. The van der Waals surface area contributed by atoms with Gasteiger partial charge in [-0.2, -0.15) is 0 Å². The minimum atomic E-state index is -0.590. The standard InChI is InChI=1S/C14H21NO4/c1-9(7-11(15)14(18)19-2)3-4-10-5-6-12(16)13(17)8-10/h5-6,8-9,11,16-17H,3-4,7,15H2,1-2H3. The number of aromatic hydroxyl groups is 2. The molecule has 0 amide bonds. The molecule has 0 aliphatic rings. The molecule has 1 aromatic rings. The van der Waals surface area contributed by atoms with Gasteiger partial charge in [0.15, 0.2) is 11.5 Å². The molecule has 2 atom stereocenters. The van der Waals surface area contributed by atoms with Crippen LogP contribution < -0.4 is 5.73 Å². The van der Waals surface area contributed by atoms with Gasteiger partial charge in [0, 0.05) is 0 Å². The van der Waals surface area contributed by atoms with Gasteiger partial charge in [0.05, 0.1) is 7.11 Å². The Morgan fingerprint density at radius 3 is 2.63 bits per heavy atom. The molecule has 0 saturated heterocycles. The number of nitrogens with two attached hydrogens (primary N) is 1. The fraction of sp³-hybridized carbons (Fsp3) is 0.500. The van der Waals surface area contributed by atoms with Crippen LogP contribution in [0.15, 0.2) is 18.2 Å². The number of carbonyl (C=O) groups is 1. The molecule has 0 bridgehead atoms. The Labute approximate surface area is 113 Å². The lowest BCUT2D eigenvalue weighted by Crippen LogP contribution is -2.33. The second-order valence-corrected chi connectivity index (χ2v) is 4.83. The number of methoxy groups -OCH3 is 1. The van der Waals surface area contributed by atoms with Crippen molar-refractivity contribution < 1.29 is 19.7 Å². The fourth-order valence-corrected chi connectivity index (χ4v) is 1.94. The van der Waals surface area contributed by atoms with E-state index < -0.39 is 12.0 Å². The predicted molar refractivity (Wildman–Crippen MR) is 71.9 cm³/mol. The summed E-state index contributed by atoms with van der Waals surface area (Å²) in [5.74, 6) is -0.361. The van der Waals surface area contributed by atoms with Crippen LogP contribution >= 0.6 is 0 Å². The van der Waals surface area contributed by atoms with E-state index in [2.05, 4.69) is 4.74 Å². The summed E-state index contributed by atoms with van der Waals surface area (Å²) in [5, 5.41) is 18.6. The van der Waals surface area contributed by atoms with Crippen LogP contribution in [0.3, 0.4) is 0 Å². The van der Waals surface area contributed by atoms with Gasteiger partial charge in [0.25, 0.3) is 0 Å². The van der Waals surface area contributed by atoms with Gasteiger partial charge in [-0.05, 0) is 42.9 Å². The van der Waals surface area contributed by atoms with Crippen molar-refractivity contribution in [3.63, 3.8) is 0 Å². The molecule has 5 heteroatoms. The van der Waals surface area contributed by atoms with Gasteiger partial charge in [-0.1, -0.05) is 13.0 Å². The van der Waals surface area contributed by atoms with E-state index in [1.807, 2.05) is 6.92 Å². The lowest BCUT2D eigenvalue weighted by Gasteiger charge is -2.15. The van der Waals surface area contributed by atoms with Crippen molar-refractivity contribution in [2.75, 3.05) is 7.11 Å². The highest BCUT2D eigenvalue weighted by atomic mass is 16.5. The van der Waals surface area contributed by atoms with Crippen LogP contribution in [0.4, 0.5) is 0 Å². The SMILES string of the molecule is COC(=O)C(N)CC(C)CCc1ccc(O)c(O)c1. The van der Waals surface area contributed by atoms with E-state index in [9.17, 15) is 15.0 Å². The molecule has 1 rings (SSSR count). The van der Waals surface area contributed by atoms with Crippen molar-refractivity contribution in [2.24, 2.45) is 11.7 Å². The average Bonchev–Trinajstić information content (AvgIpc) is 2.39. The minimum absolute atomic E-state index is 0.114. The number of phenols is 2. The van der Waals surface area contributed by atoms with Gasteiger partial charge in [-0.3, -0.25) is 4.79 Å². The summed E-state index contributed by atoms with van der Waals surface area (Å²) in [7, 11) is 1.33. The number of hydrogen-bond donors (Lipinski definition) is 3. The molecule has 19 heavy (non-hydrogen) atoms. The Morgan fingerprint density at radius 2 is 2.05 bits per heavy atom. The van der Waals surface area contributed by atoms with Gasteiger partial charge in [-0.25, -0.2) is 0 Å². The van der Waals surface area contributed by atoms with E-state index >= 15 is 0 Å². The van der Waals surface area contributed by atoms with Crippen molar-refractivity contribution in [3.05, 3.63) is 23.8 Å². The summed E-state index contributed by atoms with van der Waals surface area (Å²) in [5.41, 5.74) is 6.63. The quantitative estimate of drug-likeness (QED) is 0.537. The lowest BCUT2D eigenvalue weighted by molar-refractivity contribution is -0.142. The van der Waals surface area contributed by atoms with E-state index in [1.165, 1.54) is 13.2 Å². The first-order valence-electron chi connectivity index (χ1n) is 6.28. The number of aryl methyl sites for hydroxylation is 1. The Balaban J connectivity index is 2.43. The molecule has 0 radical (unpaired) electrons. The summed E-state index contributed by atoms with van der Waals surface area (Å²) < 4.78 is 4.58. The topological polar surface area (TPSA) is 92.8 Å². The number of carbonyl (C=O) groups excluding carboxylic acids is 1. The monoisotopic (exact) mass is 267 g/mol. The third-order valence-corrected chi connectivity index (χ3v) is 3.13. The van der Waals surface area contributed by atoms with E-state index in [1.54, 1.807) is 12.1 Å². The van der Waals surface area contributed by atoms with E-state index in [4.69, 9.17) is 5.73 Å². The molecule has 4 N–H and O–H groups in total. The molecule has 2 unspecified atom stereocenters. The van der Waals surface area contributed by atoms with Gasteiger partial charge in [0.1, 0.15) is 6.04 Å². The predicted octanol–water partition coefficient (Wildman–Crippen LogP) is 1.56. The van der Waals surface area contributed by atoms with E-state index in [0.29, 0.717) is 6.42 Å². The molecule has 0 aliphatic heterocycles. The van der Waals surface area contributed by atoms with Crippen LogP contribution in [0.25, 0.3) is 0 Å². The number of hydrogen-bond acceptors (Lipinski definition) is 5. The normalized spacial score (nSPS) is 13.8. The number of rotatable bonds is 6. The maximum atomic E-state index is 11.2. The Bertz CT molecular complexity index is 433. The van der Waals surface area contributed by atoms with Crippen LogP contribution in [0.5, 0.6) is 11.5 Å². The first-order valence-corrected chi connectivity index (χ1v) is 6.28. The highest BCUT2D eigenvalue weighted by molar-refractivity contribution is 5.75. The van der Waals surface area contributed by atoms with Crippen LogP contribution in [0.1, 0.15) is 25.3 Å². The molecule has 0 aromatic heterocycles. The molecule has 0 aliphatic carbocycles. The van der Waals surface area contributed by atoms with Gasteiger partial charge in [-0.15, -0.1) is 0 Å². The van der Waals surface area contributed by atoms with Crippen LogP contribution in [-0.4, -0.2) is 29.3 Å². The summed E-state index contributed by atoms with van der Waals surface area (Å²) >= 11 is 0. The fourth-order valence-electron chi connectivity index (χ4n) is 1.94. The van der Waals surface area contributed by atoms with E-state index in [0.717, 1.165) is 18.4 Å². The Hall–Kier alpha value is -1.75. The third-order valence-electron chi connectivity index (χ3n) is 3.13. The largest absolute Gasteiger partial charge is 0.504 e. The number of phenolic OH excluding ortho intramolecular Hbond substituents is 2. The van der Waals surface area contributed by atoms with Crippen LogP contribution in [-0.2, 0) is 16.0 Å². The molecule has 0 spiro atoms. The molecular weight excluding hydrogens is 246 g/mol. The molecule has 5 nitrogen and oxygen atoms in total. The molecule has 0 heterocycles. The van der Waals surface area contributed by atoms with Gasteiger partial charge in [0.2, 0.25) is 0 Å². The number of esters is 1. The van der Waals surface area contributed by atoms with Crippen molar-refractivity contribution in [1.82, 2.24) is 0 Å². The van der Waals surface area contributed by atoms with Gasteiger partial charge >= 0.3 is 5.97 Å². The maximum Gasteiger partial charge on any atom is 0.322 e. The average molecular weight is 267 g/mol. The Kier molecular flexibility index (Phi) is 5.63.